The molecule has 0 aromatic carbocycles. The smallest absolute Gasteiger partial charge is 0.0593 e. The Hall–Kier alpha value is -0.120. The molecule has 0 bridgehead atoms. The summed E-state index contributed by atoms with van der Waals surface area (Å²) in [6, 6.07) is 0. The Morgan fingerprint density at radius 1 is 1.25 bits per heavy atom. The summed E-state index contributed by atoms with van der Waals surface area (Å²) in [5, 5.41) is 0. The van der Waals surface area contributed by atoms with Crippen molar-refractivity contribution in [1.29, 1.82) is 0 Å². The van der Waals surface area contributed by atoms with Crippen LogP contribution in [0.3, 0.4) is 0 Å². The summed E-state index contributed by atoms with van der Waals surface area (Å²) in [4.78, 5) is 2.44. The van der Waals surface area contributed by atoms with Gasteiger partial charge in [0.25, 0.3) is 0 Å². The highest BCUT2D eigenvalue weighted by molar-refractivity contribution is 5.01. The Bertz CT molecular complexity index is 149. The fraction of sp³-hybridized carbons (Fsp3) is 1.00. The zero-order valence-electron chi connectivity index (χ0n) is 7.59. The van der Waals surface area contributed by atoms with Gasteiger partial charge in [0, 0.05) is 31.8 Å². The first-order valence-electron chi connectivity index (χ1n) is 4.88. The molecule has 0 spiro atoms. The lowest BCUT2D eigenvalue weighted by molar-refractivity contribution is 0.140. The minimum atomic E-state index is 0.171. The summed E-state index contributed by atoms with van der Waals surface area (Å²) >= 11 is 0. The zero-order chi connectivity index (χ0) is 8.44. The van der Waals surface area contributed by atoms with E-state index < -0.39 is 0 Å². The molecule has 3 nitrogen and oxygen atoms in total. The van der Waals surface area contributed by atoms with Crippen LogP contribution in [0.25, 0.3) is 0 Å². The van der Waals surface area contributed by atoms with E-state index >= 15 is 0 Å². The monoisotopic (exact) mass is 170 g/mol. The third-order valence-corrected chi connectivity index (χ3v) is 2.75. The second-order valence-corrected chi connectivity index (χ2v) is 4.10. The van der Waals surface area contributed by atoms with Crippen molar-refractivity contribution < 1.29 is 4.74 Å². The van der Waals surface area contributed by atoms with Gasteiger partial charge >= 0.3 is 0 Å². The molecule has 3 heteroatoms. The Kier molecular flexibility index (Phi) is 2.35. The fourth-order valence-corrected chi connectivity index (χ4v) is 1.72. The van der Waals surface area contributed by atoms with Crippen molar-refractivity contribution in [2.75, 3.05) is 32.8 Å². The van der Waals surface area contributed by atoms with Crippen LogP contribution in [0, 0.1) is 0 Å². The molecule has 2 fully saturated rings. The Labute approximate surface area is 73.9 Å². The van der Waals surface area contributed by atoms with Gasteiger partial charge in [0.1, 0.15) is 0 Å². The van der Waals surface area contributed by atoms with Crippen molar-refractivity contribution in [2.45, 2.75) is 24.8 Å². The third kappa shape index (κ3) is 2.19. The van der Waals surface area contributed by atoms with Crippen molar-refractivity contribution >= 4 is 0 Å². The van der Waals surface area contributed by atoms with Gasteiger partial charge < -0.3 is 10.5 Å². The van der Waals surface area contributed by atoms with Crippen LogP contribution in [-0.2, 0) is 4.74 Å². The van der Waals surface area contributed by atoms with Crippen LogP contribution >= 0.6 is 0 Å². The van der Waals surface area contributed by atoms with Gasteiger partial charge in [0.05, 0.1) is 6.61 Å². The first-order valence-corrected chi connectivity index (χ1v) is 4.88. The second-order valence-electron chi connectivity index (χ2n) is 4.10. The fourth-order valence-electron chi connectivity index (χ4n) is 1.72. The van der Waals surface area contributed by atoms with E-state index in [4.69, 9.17) is 10.5 Å². The van der Waals surface area contributed by atoms with Crippen molar-refractivity contribution in [3.05, 3.63) is 0 Å². The van der Waals surface area contributed by atoms with Crippen molar-refractivity contribution in [1.82, 2.24) is 4.90 Å². The van der Waals surface area contributed by atoms with Crippen LogP contribution in [-0.4, -0.2) is 43.3 Å². The van der Waals surface area contributed by atoms with Gasteiger partial charge in [0.15, 0.2) is 0 Å². The van der Waals surface area contributed by atoms with Gasteiger partial charge in [-0.3, -0.25) is 4.90 Å². The SMILES string of the molecule is NC1(CN2CCCOCC2)CC1. The highest BCUT2D eigenvalue weighted by atomic mass is 16.5. The predicted octanol–water partition coefficient (Wildman–Crippen LogP) is 0.200. The topological polar surface area (TPSA) is 38.5 Å². The van der Waals surface area contributed by atoms with Crippen LogP contribution < -0.4 is 5.73 Å². The first kappa shape index (κ1) is 8.48. The molecule has 0 aromatic rings. The van der Waals surface area contributed by atoms with Gasteiger partial charge in [0.2, 0.25) is 0 Å². The van der Waals surface area contributed by atoms with E-state index in [9.17, 15) is 0 Å². The molecule has 1 saturated carbocycles. The highest BCUT2D eigenvalue weighted by Crippen LogP contribution is 2.32. The van der Waals surface area contributed by atoms with Crippen molar-refractivity contribution in [2.24, 2.45) is 5.73 Å². The largest absolute Gasteiger partial charge is 0.380 e. The van der Waals surface area contributed by atoms with Gasteiger partial charge in [-0.05, 0) is 19.3 Å². The molecule has 0 radical (unpaired) electrons. The molecule has 70 valence electrons. The van der Waals surface area contributed by atoms with Crippen molar-refractivity contribution in [3.8, 4) is 0 Å². The molecule has 1 saturated heterocycles. The maximum Gasteiger partial charge on any atom is 0.0593 e. The molecule has 2 N–H and O–H groups in total. The number of ether oxygens (including phenoxy) is 1. The molecule has 1 aliphatic heterocycles. The summed E-state index contributed by atoms with van der Waals surface area (Å²) in [5.74, 6) is 0. The maximum atomic E-state index is 6.05. The number of nitrogens with two attached hydrogens (primary N) is 1. The zero-order valence-corrected chi connectivity index (χ0v) is 7.59. The van der Waals surface area contributed by atoms with Crippen LogP contribution in [0.15, 0.2) is 0 Å². The van der Waals surface area contributed by atoms with Crippen molar-refractivity contribution in [3.63, 3.8) is 0 Å². The van der Waals surface area contributed by atoms with Crippen LogP contribution in [0.1, 0.15) is 19.3 Å². The Morgan fingerprint density at radius 3 is 2.83 bits per heavy atom. The third-order valence-electron chi connectivity index (χ3n) is 2.75. The molecule has 0 amide bonds. The molecule has 0 aromatic heterocycles. The summed E-state index contributed by atoms with van der Waals surface area (Å²) in [5.41, 5.74) is 6.22. The summed E-state index contributed by atoms with van der Waals surface area (Å²) in [6.07, 6.45) is 3.59. The molecule has 2 rings (SSSR count). The van der Waals surface area contributed by atoms with E-state index in [1.54, 1.807) is 0 Å². The molecule has 1 aliphatic carbocycles. The number of hydrogen-bond donors (Lipinski definition) is 1. The highest BCUT2D eigenvalue weighted by Gasteiger charge is 2.39. The predicted molar refractivity (Wildman–Crippen MR) is 48.0 cm³/mol. The quantitative estimate of drug-likeness (QED) is 0.643. The van der Waals surface area contributed by atoms with Crippen LogP contribution in [0.2, 0.25) is 0 Å². The number of hydrogen-bond acceptors (Lipinski definition) is 3. The average Bonchev–Trinajstić information content (AvgIpc) is 2.78. The molecule has 0 unspecified atom stereocenters. The summed E-state index contributed by atoms with van der Waals surface area (Å²) < 4.78 is 5.38. The molecular weight excluding hydrogens is 152 g/mol. The standard InChI is InChI=1S/C9H18N2O/c10-9(2-3-9)8-11-4-1-6-12-7-5-11/h1-8,10H2. The average molecular weight is 170 g/mol. The molecule has 2 aliphatic rings. The molecule has 1 heterocycles. The van der Waals surface area contributed by atoms with E-state index in [1.165, 1.54) is 19.4 Å². The Morgan fingerprint density at radius 2 is 2.08 bits per heavy atom. The lowest BCUT2D eigenvalue weighted by atomic mass is 10.2. The minimum Gasteiger partial charge on any atom is -0.380 e. The van der Waals surface area contributed by atoms with E-state index in [2.05, 4.69) is 4.90 Å². The van der Waals surface area contributed by atoms with E-state index in [1.807, 2.05) is 0 Å². The normalized spacial score (nSPS) is 29.8. The summed E-state index contributed by atoms with van der Waals surface area (Å²) in [7, 11) is 0. The second kappa shape index (κ2) is 3.32. The molecular formula is C9H18N2O. The number of nitrogens with zero attached hydrogens (tertiary/aromatic N) is 1. The maximum absolute atomic E-state index is 6.05. The Balaban J connectivity index is 1.77. The lowest BCUT2D eigenvalue weighted by Gasteiger charge is -2.22. The van der Waals surface area contributed by atoms with Crippen LogP contribution in [0.4, 0.5) is 0 Å². The van der Waals surface area contributed by atoms with Gasteiger partial charge in [-0.25, -0.2) is 0 Å². The summed E-state index contributed by atoms with van der Waals surface area (Å²) in [6.45, 7) is 5.12. The van der Waals surface area contributed by atoms with E-state index in [0.717, 1.165) is 32.7 Å². The minimum absolute atomic E-state index is 0.171. The molecule has 12 heavy (non-hydrogen) atoms. The first-order chi connectivity index (χ1) is 5.79. The van der Waals surface area contributed by atoms with Gasteiger partial charge in [-0.1, -0.05) is 0 Å². The van der Waals surface area contributed by atoms with E-state index in [-0.39, 0.29) is 5.54 Å². The van der Waals surface area contributed by atoms with Crippen LogP contribution in [0.5, 0.6) is 0 Å². The lowest BCUT2D eigenvalue weighted by Crippen LogP contribution is -2.40. The van der Waals surface area contributed by atoms with Gasteiger partial charge in [-0.15, -0.1) is 0 Å². The van der Waals surface area contributed by atoms with E-state index in [0.29, 0.717) is 0 Å². The number of rotatable bonds is 2. The van der Waals surface area contributed by atoms with Gasteiger partial charge in [-0.2, -0.15) is 0 Å². The molecule has 0 atom stereocenters.